The normalized spacial score (nSPS) is 24.9. The highest BCUT2D eigenvalue weighted by Gasteiger charge is 2.29. The summed E-state index contributed by atoms with van der Waals surface area (Å²) in [5.74, 6) is 0. The van der Waals surface area contributed by atoms with Crippen LogP contribution in [0.15, 0.2) is 42.0 Å². The van der Waals surface area contributed by atoms with Crippen LogP contribution >= 0.6 is 0 Å². The standard InChI is InChI=1S/C16H19N/c1-12-7-9-16(2,10-8-12)15-11-13-5-3-4-6-14(13)17-15/h3-7,11,17H,8-10H2,1-2H3. The highest BCUT2D eigenvalue weighted by molar-refractivity contribution is 5.80. The van der Waals surface area contributed by atoms with E-state index in [2.05, 4.69) is 55.2 Å². The van der Waals surface area contributed by atoms with Crippen LogP contribution in [0.25, 0.3) is 10.9 Å². The van der Waals surface area contributed by atoms with Gasteiger partial charge in [0.15, 0.2) is 0 Å². The Bertz CT molecular complexity index is 543. The van der Waals surface area contributed by atoms with Gasteiger partial charge in [-0.2, -0.15) is 0 Å². The van der Waals surface area contributed by atoms with Crippen LogP contribution in [-0.4, -0.2) is 4.98 Å². The zero-order chi connectivity index (χ0) is 11.9. The monoisotopic (exact) mass is 225 g/mol. The Labute approximate surface area is 103 Å². The van der Waals surface area contributed by atoms with E-state index in [1.165, 1.54) is 29.4 Å². The summed E-state index contributed by atoms with van der Waals surface area (Å²) in [7, 11) is 0. The van der Waals surface area contributed by atoms with E-state index in [-0.39, 0.29) is 0 Å². The first-order valence-corrected chi connectivity index (χ1v) is 6.41. The molecule has 0 amide bonds. The molecule has 1 unspecified atom stereocenters. The molecule has 0 radical (unpaired) electrons. The fraction of sp³-hybridized carbons (Fsp3) is 0.375. The number of para-hydroxylation sites is 1. The van der Waals surface area contributed by atoms with Gasteiger partial charge in [0.2, 0.25) is 0 Å². The van der Waals surface area contributed by atoms with Crippen LogP contribution in [0.1, 0.15) is 38.8 Å². The summed E-state index contributed by atoms with van der Waals surface area (Å²) in [5, 5.41) is 1.33. The fourth-order valence-electron chi connectivity index (χ4n) is 2.72. The van der Waals surface area contributed by atoms with Crippen molar-refractivity contribution < 1.29 is 0 Å². The molecule has 0 fully saturated rings. The number of aromatic nitrogens is 1. The predicted molar refractivity (Wildman–Crippen MR) is 73.3 cm³/mol. The summed E-state index contributed by atoms with van der Waals surface area (Å²) in [4.78, 5) is 3.59. The number of aromatic amines is 1. The molecule has 0 spiro atoms. The summed E-state index contributed by atoms with van der Waals surface area (Å²) in [6, 6.07) is 10.9. The second-order valence-corrected chi connectivity index (χ2v) is 5.59. The molecule has 0 saturated carbocycles. The third-order valence-electron chi connectivity index (χ3n) is 4.15. The van der Waals surface area contributed by atoms with Gasteiger partial charge in [-0.15, -0.1) is 0 Å². The van der Waals surface area contributed by atoms with Gasteiger partial charge >= 0.3 is 0 Å². The van der Waals surface area contributed by atoms with E-state index in [1.54, 1.807) is 5.57 Å². The summed E-state index contributed by atoms with van der Waals surface area (Å²) in [5.41, 5.74) is 4.48. The van der Waals surface area contributed by atoms with E-state index in [9.17, 15) is 0 Å². The molecule has 1 atom stereocenters. The highest BCUT2D eigenvalue weighted by Crippen LogP contribution is 2.38. The van der Waals surface area contributed by atoms with E-state index in [4.69, 9.17) is 0 Å². The lowest BCUT2D eigenvalue weighted by Gasteiger charge is -2.31. The van der Waals surface area contributed by atoms with Gasteiger partial charge in [-0.05, 0) is 43.7 Å². The van der Waals surface area contributed by atoms with Gasteiger partial charge in [0, 0.05) is 16.6 Å². The Morgan fingerprint density at radius 3 is 2.76 bits per heavy atom. The second-order valence-electron chi connectivity index (χ2n) is 5.59. The molecule has 1 aliphatic rings. The zero-order valence-electron chi connectivity index (χ0n) is 10.6. The lowest BCUT2D eigenvalue weighted by molar-refractivity contribution is 0.410. The smallest absolute Gasteiger partial charge is 0.0456 e. The molecule has 1 nitrogen and oxygen atoms in total. The highest BCUT2D eigenvalue weighted by atomic mass is 14.7. The van der Waals surface area contributed by atoms with E-state index < -0.39 is 0 Å². The maximum atomic E-state index is 3.59. The summed E-state index contributed by atoms with van der Waals surface area (Å²) >= 11 is 0. The minimum Gasteiger partial charge on any atom is -0.358 e. The molecule has 88 valence electrons. The van der Waals surface area contributed by atoms with Crippen molar-refractivity contribution in [2.24, 2.45) is 0 Å². The Balaban J connectivity index is 2.03. The number of hydrogen-bond donors (Lipinski definition) is 1. The molecule has 1 heteroatoms. The maximum Gasteiger partial charge on any atom is 0.0456 e. The van der Waals surface area contributed by atoms with Crippen molar-refractivity contribution in [1.82, 2.24) is 4.98 Å². The molecule has 1 aromatic heterocycles. The van der Waals surface area contributed by atoms with Gasteiger partial charge in [0.05, 0.1) is 0 Å². The van der Waals surface area contributed by atoms with Crippen LogP contribution in [0.3, 0.4) is 0 Å². The first-order valence-electron chi connectivity index (χ1n) is 6.41. The third kappa shape index (κ3) is 1.80. The summed E-state index contributed by atoms with van der Waals surface area (Å²) in [6.07, 6.45) is 6.04. The zero-order valence-corrected chi connectivity index (χ0v) is 10.6. The molecule has 2 aromatic rings. The molecule has 1 heterocycles. The summed E-state index contributed by atoms with van der Waals surface area (Å²) in [6.45, 7) is 4.62. The number of H-pyrrole nitrogens is 1. The van der Waals surface area contributed by atoms with Crippen LogP contribution in [-0.2, 0) is 5.41 Å². The van der Waals surface area contributed by atoms with Crippen molar-refractivity contribution in [3.63, 3.8) is 0 Å². The molecule has 0 saturated heterocycles. The molecule has 3 rings (SSSR count). The van der Waals surface area contributed by atoms with Crippen LogP contribution in [0.4, 0.5) is 0 Å². The van der Waals surface area contributed by atoms with Crippen molar-refractivity contribution in [2.75, 3.05) is 0 Å². The van der Waals surface area contributed by atoms with Crippen LogP contribution in [0.5, 0.6) is 0 Å². The van der Waals surface area contributed by atoms with E-state index in [0.717, 1.165) is 6.42 Å². The summed E-state index contributed by atoms with van der Waals surface area (Å²) < 4.78 is 0. The minimum absolute atomic E-state index is 0.290. The SMILES string of the molecule is CC1=CCC(C)(c2cc3ccccc3[nH]2)CC1. The first kappa shape index (κ1) is 10.6. The molecule has 17 heavy (non-hydrogen) atoms. The Hall–Kier alpha value is -1.50. The van der Waals surface area contributed by atoms with Gasteiger partial charge in [0.25, 0.3) is 0 Å². The molecule has 1 aromatic carbocycles. The number of hydrogen-bond acceptors (Lipinski definition) is 0. The second kappa shape index (κ2) is 3.76. The van der Waals surface area contributed by atoms with E-state index >= 15 is 0 Å². The lowest BCUT2D eigenvalue weighted by Crippen LogP contribution is -2.24. The van der Waals surface area contributed by atoms with Crippen LogP contribution in [0, 0.1) is 0 Å². The van der Waals surface area contributed by atoms with Crippen molar-refractivity contribution in [3.8, 4) is 0 Å². The quantitative estimate of drug-likeness (QED) is 0.685. The third-order valence-corrected chi connectivity index (χ3v) is 4.15. The fourth-order valence-corrected chi connectivity index (χ4v) is 2.72. The largest absolute Gasteiger partial charge is 0.358 e. The number of nitrogens with one attached hydrogen (secondary N) is 1. The van der Waals surface area contributed by atoms with Crippen LogP contribution in [0.2, 0.25) is 0 Å². The molecule has 0 bridgehead atoms. The van der Waals surface area contributed by atoms with Crippen LogP contribution < -0.4 is 0 Å². The van der Waals surface area contributed by atoms with Gasteiger partial charge in [0.1, 0.15) is 0 Å². The van der Waals surface area contributed by atoms with Gasteiger partial charge in [-0.3, -0.25) is 0 Å². The van der Waals surface area contributed by atoms with Gasteiger partial charge < -0.3 is 4.98 Å². The minimum atomic E-state index is 0.290. The Morgan fingerprint density at radius 2 is 2.06 bits per heavy atom. The van der Waals surface area contributed by atoms with E-state index in [1.807, 2.05) is 0 Å². The molecular weight excluding hydrogens is 206 g/mol. The van der Waals surface area contributed by atoms with Crippen molar-refractivity contribution in [3.05, 3.63) is 47.7 Å². The average Bonchev–Trinajstić information content (AvgIpc) is 2.77. The number of benzene rings is 1. The van der Waals surface area contributed by atoms with Crippen molar-refractivity contribution >= 4 is 10.9 Å². The number of rotatable bonds is 1. The van der Waals surface area contributed by atoms with Crippen molar-refractivity contribution in [1.29, 1.82) is 0 Å². The number of allylic oxidation sites excluding steroid dienone is 2. The number of fused-ring (bicyclic) bond motifs is 1. The van der Waals surface area contributed by atoms with Crippen molar-refractivity contribution in [2.45, 2.75) is 38.5 Å². The van der Waals surface area contributed by atoms with Gasteiger partial charge in [-0.25, -0.2) is 0 Å². The average molecular weight is 225 g/mol. The Morgan fingerprint density at radius 1 is 1.24 bits per heavy atom. The molecular formula is C16H19N. The molecule has 1 N–H and O–H groups in total. The first-order chi connectivity index (χ1) is 8.17. The maximum absolute atomic E-state index is 3.59. The van der Waals surface area contributed by atoms with E-state index in [0.29, 0.717) is 5.41 Å². The lowest BCUT2D eigenvalue weighted by atomic mass is 9.74. The topological polar surface area (TPSA) is 15.8 Å². The predicted octanol–water partition coefficient (Wildman–Crippen LogP) is 4.56. The van der Waals surface area contributed by atoms with Gasteiger partial charge in [-0.1, -0.05) is 36.8 Å². The Kier molecular flexibility index (Phi) is 2.36. The molecule has 1 aliphatic carbocycles. The molecule has 0 aliphatic heterocycles.